The first-order valence-electron chi connectivity index (χ1n) is 10.1. The molecule has 0 spiro atoms. The lowest BCUT2D eigenvalue weighted by Crippen LogP contribution is -2.44. The fourth-order valence-corrected chi connectivity index (χ4v) is 4.15. The van der Waals surface area contributed by atoms with Crippen molar-refractivity contribution in [3.63, 3.8) is 0 Å². The zero-order valence-corrected chi connectivity index (χ0v) is 16.5. The van der Waals surface area contributed by atoms with Crippen LogP contribution in [0.5, 0.6) is 0 Å². The summed E-state index contributed by atoms with van der Waals surface area (Å²) in [6.07, 6.45) is 9.25. The van der Waals surface area contributed by atoms with Crippen molar-refractivity contribution < 1.29 is 14.6 Å². The van der Waals surface area contributed by atoms with Gasteiger partial charge in [-0.05, 0) is 65.3 Å². The van der Waals surface area contributed by atoms with Crippen LogP contribution in [0.4, 0.5) is 4.79 Å². The Bertz CT molecular complexity index is 414. The number of amides is 1. The molecular weight excluding hydrogens is 316 g/mol. The molecule has 2 rings (SSSR count). The Labute approximate surface area is 153 Å². The molecule has 1 saturated heterocycles. The Kier molecular flexibility index (Phi) is 7.56. The maximum Gasteiger partial charge on any atom is 0.410 e. The molecule has 5 heteroatoms. The molecule has 5 nitrogen and oxygen atoms in total. The molecule has 2 N–H and O–H groups in total. The lowest BCUT2D eigenvalue weighted by Gasteiger charge is -2.36. The monoisotopic (exact) mass is 354 g/mol. The van der Waals surface area contributed by atoms with Gasteiger partial charge in [-0.1, -0.05) is 19.3 Å². The number of rotatable bonds is 6. The first-order valence-corrected chi connectivity index (χ1v) is 10.1. The largest absolute Gasteiger partial charge is 0.444 e. The maximum atomic E-state index is 12.2. The third-order valence-electron chi connectivity index (χ3n) is 5.65. The van der Waals surface area contributed by atoms with Gasteiger partial charge in [-0.15, -0.1) is 0 Å². The van der Waals surface area contributed by atoms with E-state index >= 15 is 0 Å². The van der Waals surface area contributed by atoms with Crippen LogP contribution < -0.4 is 5.32 Å². The van der Waals surface area contributed by atoms with Crippen LogP contribution in [0.3, 0.4) is 0 Å². The molecule has 1 aliphatic carbocycles. The van der Waals surface area contributed by atoms with Crippen molar-refractivity contribution in [1.29, 1.82) is 0 Å². The summed E-state index contributed by atoms with van der Waals surface area (Å²) in [6.45, 7) is 9.56. The number of ether oxygens (including phenoxy) is 1. The average Bonchev–Trinajstić information content (AvgIpc) is 2.58. The molecule has 0 aromatic rings. The van der Waals surface area contributed by atoms with E-state index in [0.717, 1.165) is 51.9 Å². The maximum absolute atomic E-state index is 12.2. The molecule has 2 fully saturated rings. The second kappa shape index (κ2) is 9.22. The van der Waals surface area contributed by atoms with Crippen molar-refractivity contribution in [3.8, 4) is 0 Å². The zero-order valence-electron chi connectivity index (χ0n) is 16.5. The first kappa shape index (κ1) is 20.5. The minimum absolute atomic E-state index is 0.105. The SMILES string of the molecule is CC(C)(C)OC(=O)N1CCCC(CCNCC2(CO)CCCCC2)C1. The van der Waals surface area contributed by atoms with E-state index in [4.69, 9.17) is 4.74 Å². The standard InChI is InChI=1S/C20H38N2O3/c1-19(2,3)25-18(24)22-13-7-8-17(14-22)9-12-21-15-20(16-23)10-5-4-6-11-20/h17,21,23H,4-16H2,1-3H3. The average molecular weight is 355 g/mol. The first-order chi connectivity index (χ1) is 11.8. The molecule has 25 heavy (non-hydrogen) atoms. The number of aliphatic hydroxyl groups excluding tert-OH is 1. The second-order valence-electron chi connectivity index (χ2n) is 9.12. The number of nitrogens with zero attached hydrogens (tertiary/aromatic N) is 1. The van der Waals surface area contributed by atoms with Crippen molar-refractivity contribution in [1.82, 2.24) is 10.2 Å². The highest BCUT2D eigenvalue weighted by Crippen LogP contribution is 2.35. The number of nitrogens with one attached hydrogen (secondary N) is 1. The molecule has 2 aliphatic rings. The van der Waals surface area contributed by atoms with Gasteiger partial charge in [-0.25, -0.2) is 4.79 Å². The van der Waals surface area contributed by atoms with Crippen LogP contribution in [0, 0.1) is 11.3 Å². The number of piperidine rings is 1. The number of carbonyl (C=O) groups excluding carboxylic acids is 1. The van der Waals surface area contributed by atoms with Gasteiger partial charge in [0, 0.05) is 31.7 Å². The zero-order chi connectivity index (χ0) is 18.3. The van der Waals surface area contributed by atoms with Crippen LogP contribution in [0.2, 0.25) is 0 Å². The minimum Gasteiger partial charge on any atom is -0.444 e. The predicted molar refractivity (Wildman–Crippen MR) is 101 cm³/mol. The van der Waals surface area contributed by atoms with Crippen molar-refractivity contribution in [2.24, 2.45) is 11.3 Å². The molecule has 0 radical (unpaired) electrons. The van der Waals surface area contributed by atoms with Crippen LogP contribution >= 0.6 is 0 Å². The molecule has 0 aromatic heterocycles. The summed E-state index contributed by atoms with van der Waals surface area (Å²) in [6, 6.07) is 0. The van der Waals surface area contributed by atoms with Gasteiger partial charge in [0.2, 0.25) is 0 Å². The molecule has 1 aliphatic heterocycles. The van der Waals surface area contributed by atoms with Gasteiger partial charge >= 0.3 is 6.09 Å². The normalized spacial score (nSPS) is 24.2. The number of likely N-dealkylation sites (tertiary alicyclic amines) is 1. The van der Waals surface area contributed by atoms with E-state index in [0.29, 0.717) is 12.5 Å². The van der Waals surface area contributed by atoms with Crippen LogP contribution in [-0.2, 0) is 4.74 Å². The Morgan fingerprint density at radius 2 is 1.96 bits per heavy atom. The molecule has 0 bridgehead atoms. The summed E-state index contributed by atoms with van der Waals surface area (Å²) < 4.78 is 5.50. The van der Waals surface area contributed by atoms with Gasteiger partial charge in [0.05, 0.1) is 0 Å². The Morgan fingerprint density at radius 1 is 1.24 bits per heavy atom. The lowest BCUT2D eigenvalue weighted by atomic mass is 9.74. The van der Waals surface area contributed by atoms with Gasteiger partial charge in [-0.2, -0.15) is 0 Å². The number of hydrogen-bond donors (Lipinski definition) is 2. The van der Waals surface area contributed by atoms with Gasteiger partial charge in [0.25, 0.3) is 0 Å². The van der Waals surface area contributed by atoms with Crippen LogP contribution in [-0.4, -0.2) is 54.5 Å². The molecular formula is C20H38N2O3. The van der Waals surface area contributed by atoms with Gasteiger partial charge in [-0.3, -0.25) is 0 Å². The van der Waals surface area contributed by atoms with Crippen molar-refractivity contribution >= 4 is 6.09 Å². The van der Waals surface area contributed by atoms with Crippen molar-refractivity contribution in [3.05, 3.63) is 0 Å². The van der Waals surface area contributed by atoms with E-state index in [-0.39, 0.29) is 11.5 Å². The summed E-state index contributed by atoms with van der Waals surface area (Å²) in [5, 5.41) is 13.4. The number of aliphatic hydroxyl groups is 1. The predicted octanol–water partition coefficient (Wildman–Crippen LogP) is 3.56. The molecule has 1 heterocycles. The summed E-state index contributed by atoms with van der Waals surface area (Å²) in [4.78, 5) is 14.1. The highest BCUT2D eigenvalue weighted by Gasteiger charge is 2.31. The Balaban J connectivity index is 1.69. The molecule has 146 valence electrons. The third kappa shape index (κ3) is 6.78. The molecule has 1 amide bonds. The van der Waals surface area contributed by atoms with E-state index in [1.165, 1.54) is 25.7 Å². The number of carbonyl (C=O) groups is 1. The van der Waals surface area contributed by atoms with Crippen LogP contribution in [0.25, 0.3) is 0 Å². The summed E-state index contributed by atoms with van der Waals surface area (Å²) in [5.74, 6) is 0.546. The fourth-order valence-electron chi connectivity index (χ4n) is 4.15. The third-order valence-corrected chi connectivity index (χ3v) is 5.65. The quantitative estimate of drug-likeness (QED) is 0.716. The topological polar surface area (TPSA) is 61.8 Å². The van der Waals surface area contributed by atoms with Crippen LogP contribution in [0.1, 0.15) is 72.1 Å². The van der Waals surface area contributed by atoms with E-state index in [2.05, 4.69) is 5.32 Å². The molecule has 1 unspecified atom stereocenters. The van der Waals surface area contributed by atoms with E-state index in [9.17, 15) is 9.90 Å². The van der Waals surface area contributed by atoms with Crippen molar-refractivity contribution in [2.45, 2.75) is 77.7 Å². The van der Waals surface area contributed by atoms with Crippen LogP contribution in [0.15, 0.2) is 0 Å². The summed E-state index contributed by atoms with van der Waals surface area (Å²) in [7, 11) is 0. The molecule has 0 aromatic carbocycles. The number of hydrogen-bond acceptors (Lipinski definition) is 4. The summed E-state index contributed by atoms with van der Waals surface area (Å²) >= 11 is 0. The highest BCUT2D eigenvalue weighted by molar-refractivity contribution is 5.68. The minimum atomic E-state index is -0.426. The van der Waals surface area contributed by atoms with Gasteiger partial charge < -0.3 is 20.1 Å². The van der Waals surface area contributed by atoms with E-state index in [1.54, 1.807) is 0 Å². The van der Waals surface area contributed by atoms with Crippen molar-refractivity contribution in [2.75, 3.05) is 32.8 Å². The van der Waals surface area contributed by atoms with E-state index < -0.39 is 5.60 Å². The van der Waals surface area contributed by atoms with Gasteiger partial charge in [0.1, 0.15) is 5.60 Å². The second-order valence-corrected chi connectivity index (χ2v) is 9.12. The van der Waals surface area contributed by atoms with E-state index in [1.807, 2.05) is 25.7 Å². The summed E-state index contributed by atoms with van der Waals surface area (Å²) in [5.41, 5.74) is -0.322. The molecule has 1 saturated carbocycles. The Morgan fingerprint density at radius 3 is 2.60 bits per heavy atom. The van der Waals surface area contributed by atoms with Gasteiger partial charge in [0.15, 0.2) is 0 Å². The Hall–Kier alpha value is -0.810. The highest BCUT2D eigenvalue weighted by atomic mass is 16.6. The smallest absolute Gasteiger partial charge is 0.410 e. The lowest BCUT2D eigenvalue weighted by molar-refractivity contribution is 0.0160. The molecule has 1 atom stereocenters. The fraction of sp³-hybridized carbons (Fsp3) is 0.950.